The molecule has 0 atom stereocenters. The first-order chi connectivity index (χ1) is 19.2. The van der Waals surface area contributed by atoms with Crippen molar-refractivity contribution in [2.75, 3.05) is 57.4 Å². The van der Waals surface area contributed by atoms with Crippen LogP contribution in [0.3, 0.4) is 0 Å². The summed E-state index contributed by atoms with van der Waals surface area (Å²) in [6.07, 6.45) is 7.25. The fourth-order valence-electron chi connectivity index (χ4n) is 6.92. The predicted octanol–water partition coefficient (Wildman–Crippen LogP) is 6.84. The summed E-state index contributed by atoms with van der Waals surface area (Å²) < 4.78 is 14.6. The summed E-state index contributed by atoms with van der Waals surface area (Å²) in [6.45, 7) is 10.1. The zero-order valence-electron chi connectivity index (χ0n) is 24.0. The standard InChI is InChI=1S/C32H41N3O4.2ClH/c1-2-34(16-15-33-14-7-19-38-20-17-33)27-11-6-10-26-30-29(23-8-4-3-5-9-23)25-13-12-24(32(36)37)22-28(25)35(30)18-21-39-31(26)27;;/h6,10-13,22-23H,2-5,7-9,14-21H2,1H3,(H,36,37);2*1H. The Labute approximate surface area is 255 Å². The van der Waals surface area contributed by atoms with Gasteiger partial charge in [-0.1, -0.05) is 31.4 Å². The fraction of sp³-hybridized carbons (Fsp3) is 0.531. The average molecular weight is 605 g/mol. The van der Waals surface area contributed by atoms with E-state index in [-0.39, 0.29) is 24.8 Å². The molecule has 9 heteroatoms. The summed E-state index contributed by atoms with van der Waals surface area (Å²) in [5.74, 6) is 0.569. The molecule has 7 nitrogen and oxygen atoms in total. The van der Waals surface area contributed by atoms with Crippen molar-refractivity contribution in [2.45, 2.75) is 57.9 Å². The van der Waals surface area contributed by atoms with Gasteiger partial charge in [-0.3, -0.25) is 4.90 Å². The van der Waals surface area contributed by atoms with Gasteiger partial charge in [-0.2, -0.15) is 0 Å². The third-order valence-electron chi connectivity index (χ3n) is 8.90. The van der Waals surface area contributed by atoms with Gasteiger partial charge in [0.2, 0.25) is 0 Å². The Morgan fingerprint density at radius 3 is 2.61 bits per heavy atom. The number of fused-ring (bicyclic) bond motifs is 5. The van der Waals surface area contributed by atoms with Gasteiger partial charge < -0.3 is 24.0 Å². The van der Waals surface area contributed by atoms with Crippen LogP contribution in [0.25, 0.3) is 22.2 Å². The Morgan fingerprint density at radius 2 is 1.83 bits per heavy atom. The molecule has 0 radical (unpaired) electrons. The van der Waals surface area contributed by atoms with Crippen molar-refractivity contribution in [1.82, 2.24) is 9.47 Å². The van der Waals surface area contributed by atoms with Gasteiger partial charge >= 0.3 is 5.97 Å². The van der Waals surface area contributed by atoms with E-state index in [1.165, 1.54) is 48.7 Å². The smallest absolute Gasteiger partial charge is 0.335 e. The minimum Gasteiger partial charge on any atom is -0.489 e. The molecule has 2 fully saturated rings. The van der Waals surface area contributed by atoms with Crippen molar-refractivity contribution >= 4 is 47.4 Å². The number of hydrogen-bond donors (Lipinski definition) is 1. The van der Waals surface area contributed by atoms with Crippen LogP contribution in [0.15, 0.2) is 36.4 Å². The van der Waals surface area contributed by atoms with Gasteiger partial charge in [0.25, 0.3) is 0 Å². The van der Waals surface area contributed by atoms with Crippen LogP contribution in [-0.4, -0.2) is 73.1 Å². The van der Waals surface area contributed by atoms with Gasteiger partial charge in [-0.25, -0.2) is 4.79 Å². The number of rotatable bonds is 7. The van der Waals surface area contributed by atoms with Crippen LogP contribution in [0.1, 0.15) is 67.3 Å². The zero-order valence-corrected chi connectivity index (χ0v) is 25.6. The molecule has 0 unspecified atom stereocenters. The van der Waals surface area contributed by atoms with Gasteiger partial charge in [0.05, 0.1) is 30.1 Å². The summed E-state index contributed by atoms with van der Waals surface area (Å²) in [6, 6.07) is 12.3. The van der Waals surface area contributed by atoms with Crippen LogP contribution in [-0.2, 0) is 11.3 Å². The maximum absolute atomic E-state index is 11.9. The molecule has 1 saturated carbocycles. The monoisotopic (exact) mass is 603 g/mol. The summed E-state index contributed by atoms with van der Waals surface area (Å²) in [5.41, 5.74) is 6.27. The SMILES string of the molecule is CCN(CCN1CCCOCC1)c1cccc2c1OCCn1c-2c(C2CCCCC2)c2ccc(C(=O)O)cc21.Cl.Cl. The van der Waals surface area contributed by atoms with Crippen molar-refractivity contribution in [3.05, 3.63) is 47.5 Å². The summed E-state index contributed by atoms with van der Waals surface area (Å²) in [4.78, 5) is 16.8. The lowest BCUT2D eigenvalue weighted by Gasteiger charge is -2.29. The van der Waals surface area contributed by atoms with E-state index >= 15 is 0 Å². The van der Waals surface area contributed by atoms with E-state index in [1.807, 2.05) is 6.07 Å². The second kappa shape index (κ2) is 14.1. The average Bonchev–Trinajstić information content (AvgIpc) is 3.13. The number of aromatic carboxylic acids is 1. The molecule has 1 saturated heterocycles. The molecule has 3 aliphatic rings. The highest BCUT2D eigenvalue weighted by atomic mass is 35.5. The third kappa shape index (κ3) is 6.34. The highest BCUT2D eigenvalue weighted by Crippen LogP contribution is 2.49. The number of carbonyl (C=O) groups is 1. The molecule has 1 aliphatic carbocycles. The maximum atomic E-state index is 11.9. The van der Waals surface area contributed by atoms with Crippen LogP contribution < -0.4 is 9.64 Å². The molecule has 41 heavy (non-hydrogen) atoms. The number of benzene rings is 2. The number of nitrogens with zero attached hydrogens (tertiary/aromatic N) is 3. The Bertz CT molecular complexity index is 1330. The Kier molecular flexibility index (Phi) is 10.9. The number of anilines is 1. The third-order valence-corrected chi connectivity index (χ3v) is 8.90. The van der Waals surface area contributed by atoms with E-state index < -0.39 is 5.97 Å². The molecule has 6 rings (SSSR count). The molecule has 224 valence electrons. The van der Waals surface area contributed by atoms with Crippen molar-refractivity contribution in [1.29, 1.82) is 0 Å². The molecule has 3 heterocycles. The molecule has 3 aromatic rings. The molecule has 1 N–H and O–H groups in total. The molecule has 1 aromatic heterocycles. The van der Waals surface area contributed by atoms with Crippen LogP contribution in [0.2, 0.25) is 0 Å². The summed E-state index contributed by atoms with van der Waals surface area (Å²) in [7, 11) is 0. The number of aromatic nitrogens is 1. The molecule has 0 amide bonds. The van der Waals surface area contributed by atoms with Crippen molar-refractivity contribution < 1.29 is 19.4 Å². The molecule has 2 aliphatic heterocycles. The normalized spacial score (nSPS) is 17.7. The molecule has 0 spiro atoms. The Morgan fingerprint density at radius 1 is 1.00 bits per heavy atom. The first kappa shape index (κ1) is 31.5. The quantitative estimate of drug-likeness (QED) is 0.319. The predicted molar refractivity (Wildman–Crippen MR) is 170 cm³/mol. The van der Waals surface area contributed by atoms with Crippen molar-refractivity contribution in [3.63, 3.8) is 0 Å². The number of hydrogen-bond acceptors (Lipinski definition) is 5. The largest absolute Gasteiger partial charge is 0.489 e. The van der Waals surface area contributed by atoms with Gasteiger partial charge in [-0.05, 0) is 61.9 Å². The maximum Gasteiger partial charge on any atom is 0.335 e. The number of para-hydroxylation sites is 1. The minimum atomic E-state index is -0.881. The second-order valence-electron chi connectivity index (χ2n) is 11.2. The van der Waals surface area contributed by atoms with Crippen molar-refractivity contribution in [3.8, 4) is 17.0 Å². The lowest BCUT2D eigenvalue weighted by molar-refractivity contribution is 0.0697. The highest BCUT2D eigenvalue weighted by Gasteiger charge is 2.31. The summed E-state index contributed by atoms with van der Waals surface area (Å²) in [5, 5.41) is 11.0. The van der Waals surface area contributed by atoms with E-state index in [4.69, 9.17) is 9.47 Å². The van der Waals surface area contributed by atoms with Crippen LogP contribution in [0, 0.1) is 0 Å². The van der Waals surface area contributed by atoms with Crippen molar-refractivity contribution in [2.24, 2.45) is 0 Å². The lowest BCUT2D eigenvalue weighted by atomic mass is 9.81. The second-order valence-corrected chi connectivity index (χ2v) is 11.2. The number of likely N-dealkylation sites (N-methyl/N-ethyl adjacent to an activating group) is 1. The summed E-state index contributed by atoms with van der Waals surface area (Å²) >= 11 is 0. The van der Waals surface area contributed by atoms with Gasteiger partial charge in [0, 0.05) is 55.8 Å². The Hall–Kier alpha value is -2.45. The van der Waals surface area contributed by atoms with Crippen LogP contribution in [0.4, 0.5) is 5.69 Å². The van der Waals surface area contributed by atoms with E-state index in [0.717, 1.165) is 74.9 Å². The lowest BCUT2D eigenvalue weighted by Crippen LogP contribution is -2.36. The molecule has 2 aromatic carbocycles. The zero-order chi connectivity index (χ0) is 26.8. The first-order valence-electron chi connectivity index (χ1n) is 14.9. The van der Waals surface area contributed by atoms with Gasteiger partial charge in [0.15, 0.2) is 5.75 Å². The van der Waals surface area contributed by atoms with Crippen LogP contribution >= 0.6 is 24.8 Å². The molecular weight excluding hydrogens is 561 g/mol. The van der Waals surface area contributed by atoms with E-state index in [0.29, 0.717) is 24.6 Å². The van der Waals surface area contributed by atoms with Gasteiger partial charge in [-0.15, -0.1) is 24.8 Å². The highest BCUT2D eigenvalue weighted by molar-refractivity contribution is 5.99. The first-order valence-corrected chi connectivity index (χ1v) is 14.9. The topological polar surface area (TPSA) is 67.2 Å². The van der Waals surface area contributed by atoms with E-state index in [9.17, 15) is 9.90 Å². The van der Waals surface area contributed by atoms with Crippen LogP contribution in [0.5, 0.6) is 5.75 Å². The molecular formula is C32H43Cl2N3O4. The number of halogens is 2. The minimum absolute atomic E-state index is 0. The van der Waals surface area contributed by atoms with E-state index in [2.05, 4.69) is 45.6 Å². The number of ether oxygens (including phenoxy) is 2. The number of carboxylic acid groups (broad SMARTS) is 1. The Balaban J connectivity index is 0.00000194. The fourth-order valence-corrected chi connectivity index (χ4v) is 6.92. The van der Waals surface area contributed by atoms with E-state index in [1.54, 1.807) is 6.07 Å². The number of carboxylic acids is 1. The van der Waals surface area contributed by atoms with Gasteiger partial charge in [0.1, 0.15) is 6.61 Å². The molecule has 0 bridgehead atoms.